The lowest BCUT2D eigenvalue weighted by Crippen LogP contribution is -2.22. The van der Waals surface area contributed by atoms with E-state index in [1.54, 1.807) is 30.5 Å². The molecule has 158 valence electrons. The number of rotatable bonds is 5. The van der Waals surface area contributed by atoms with Gasteiger partial charge in [-0.15, -0.1) is 23.1 Å². The molecule has 0 amide bonds. The van der Waals surface area contributed by atoms with Crippen LogP contribution in [-0.2, 0) is 10.0 Å². The lowest BCUT2D eigenvalue weighted by Gasteiger charge is -2.11. The number of benzene rings is 1. The average Bonchev–Trinajstić information content (AvgIpc) is 3.39. The summed E-state index contributed by atoms with van der Waals surface area (Å²) in [6.45, 7) is 0. The molecule has 3 aromatic heterocycles. The molecule has 3 heterocycles. The van der Waals surface area contributed by atoms with E-state index in [1.165, 1.54) is 46.0 Å². The van der Waals surface area contributed by atoms with Crippen molar-refractivity contribution >= 4 is 44.6 Å². The van der Waals surface area contributed by atoms with E-state index in [4.69, 9.17) is 5.73 Å². The van der Waals surface area contributed by atoms with Crippen molar-refractivity contribution in [1.82, 2.24) is 23.9 Å². The van der Waals surface area contributed by atoms with Gasteiger partial charge in [-0.05, 0) is 18.4 Å². The van der Waals surface area contributed by atoms with E-state index in [0.717, 1.165) is 5.56 Å². The summed E-state index contributed by atoms with van der Waals surface area (Å²) in [6.07, 6.45) is 3.43. The number of fused-ring (bicyclic) bond motifs is 1. The Morgan fingerprint density at radius 1 is 1.26 bits per heavy atom. The second-order valence-electron chi connectivity index (χ2n) is 6.64. The highest BCUT2D eigenvalue weighted by atomic mass is 32.2. The Bertz CT molecular complexity index is 1430. The predicted octanol–water partition coefficient (Wildman–Crippen LogP) is 2.95. The van der Waals surface area contributed by atoms with Gasteiger partial charge in [-0.25, -0.2) is 22.7 Å². The molecule has 2 N–H and O–H groups in total. The third kappa shape index (κ3) is 3.55. The number of nitriles is 1. The maximum Gasteiger partial charge on any atom is 0.242 e. The van der Waals surface area contributed by atoms with Crippen LogP contribution in [0.5, 0.6) is 0 Å². The number of sulfonamides is 1. The molecule has 31 heavy (non-hydrogen) atoms. The van der Waals surface area contributed by atoms with Gasteiger partial charge in [0, 0.05) is 31.2 Å². The van der Waals surface area contributed by atoms with Crippen LogP contribution < -0.4 is 5.73 Å². The molecule has 0 unspecified atom stereocenters. The molecule has 0 saturated heterocycles. The van der Waals surface area contributed by atoms with Crippen molar-refractivity contribution < 1.29 is 8.42 Å². The largest absolute Gasteiger partial charge is 0.383 e. The molecule has 0 saturated carbocycles. The molecule has 4 aromatic rings. The predicted molar refractivity (Wildman–Crippen MR) is 121 cm³/mol. The van der Waals surface area contributed by atoms with E-state index in [0.29, 0.717) is 38.3 Å². The van der Waals surface area contributed by atoms with Crippen LogP contribution in [0.1, 0.15) is 5.56 Å². The van der Waals surface area contributed by atoms with Crippen LogP contribution in [0.3, 0.4) is 0 Å². The molecule has 9 nitrogen and oxygen atoms in total. The Morgan fingerprint density at radius 3 is 2.58 bits per heavy atom. The van der Waals surface area contributed by atoms with Crippen LogP contribution in [0.4, 0.5) is 5.82 Å². The first-order chi connectivity index (χ1) is 14.8. The van der Waals surface area contributed by atoms with Gasteiger partial charge in [-0.2, -0.15) is 14.9 Å². The fraction of sp³-hybridized carbons (Fsp3) is 0.158. The minimum Gasteiger partial charge on any atom is -0.383 e. The zero-order valence-electron chi connectivity index (χ0n) is 16.8. The van der Waals surface area contributed by atoms with Crippen molar-refractivity contribution in [2.24, 2.45) is 0 Å². The monoisotopic (exact) mass is 471 g/mol. The minimum atomic E-state index is -3.49. The second-order valence-corrected chi connectivity index (χ2v) is 10.4. The van der Waals surface area contributed by atoms with Crippen molar-refractivity contribution in [3.05, 3.63) is 41.4 Å². The highest BCUT2D eigenvalue weighted by Gasteiger charge is 2.20. The van der Waals surface area contributed by atoms with Gasteiger partial charge in [0.1, 0.15) is 27.5 Å². The number of hydrogen-bond donors (Lipinski definition) is 1. The van der Waals surface area contributed by atoms with E-state index in [1.807, 2.05) is 11.6 Å². The summed E-state index contributed by atoms with van der Waals surface area (Å²) in [6, 6.07) is 8.68. The lowest BCUT2D eigenvalue weighted by molar-refractivity contribution is 0.521. The maximum absolute atomic E-state index is 12.2. The van der Waals surface area contributed by atoms with Gasteiger partial charge in [0.15, 0.2) is 5.65 Å². The van der Waals surface area contributed by atoms with Gasteiger partial charge in [-0.1, -0.05) is 12.1 Å². The number of nitrogen functional groups attached to an aromatic ring is 1. The molecule has 1 aromatic carbocycles. The first kappa shape index (κ1) is 21.3. The Kier molecular flexibility index (Phi) is 5.44. The molecule has 0 aliphatic carbocycles. The first-order valence-corrected chi connectivity index (χ1v) is 12.4. The summed E-state index contributed by atoms with van der Waals surface area (Å²) < 4.78 is 27.1. The number of nitrogens with two attached hydrogens (primary N) is 1. The smallest absolute Gasteiger partial charge is 0.242 e. The van der Waals surface area contributed by atoms with Gasteiger partial charge in [-0.3, -0.25) is 0 Å². The van der Waals surface area contributed by atoms with Crippen molar-refractivity contribution in [3.63, 3.8) is 0 Å². The topological polar surface area (TPSA) is 130 Å². The number of nitrogens with zero attached hydrogens (tertiary/aromatic N) is 6. The van der Waals surface area contributed by atoms with Crippen molar-refractivity contribution in [2.75, 3.05) is 26.1 Å². The Balaban J connectivity index is 1.72. The standard InChI is InChI=1S/C19H17N7O2S3/c1-25(2)31(27,28)12-6-4-11(5-7-12)15-10-30-18(23-15)14-9-22-17-13(8-20)19(29-3)24-26(17)16(14)21/h4-7,9-10H,21H2,1-3H3. The van der Waals surface area contributed by atoms with Gasteiger partial charge < -0.3 is 5.73 Å². The number of thioether (sulfide) groups is 1. The second kappa shape index (κ2) is 7.93. The minimum absolute atomic E-state index is 0.215. The van der Waals surface area contributed by atoms with Crippen LogP contribution in [-0.4, -0.2) is 52.7 Å². The van der Waals surface area contributed by atoms with Gasteiger partial charge in [0.05, 0.1) is 16.2 Å². The molecular weight excluding hydrogens is 454 g/mol. The molecule has 0 bridgehead atoms. The van der Waals surface area contributed by atoms with E-state index in [9.17, 15) is 13.7 Å². The highest BCUT2D eigenvalue weighted by Crippen LogP contribution is 2.33. The third-order valence-corrected chi connectivity index (χ3v) is 7.99. The van der Waals surface area contributed by atoms with Crippen LogP contribution >= 0.6 is 23.1 Å². The maximum atomic E-state index is 12.2. The Labute approximate surface area is 187 Å². The number of anilines is 1. The van der Waals surface area contributed by atoms with Crippen LogP contribution in [0.25, 0.3) is 27.5 Å². The summed E-state index contributed by atoms with van der Waals surface area (Å²) >= 11 is 2.74. The molecule has 12 heteroatoms. The zero-order chi connectivity index (χ0) is 22.3. The highest BCUT2D eigenvalue weighted by molar-refractivity contribution is 7.98. The van der Waals surface area contributed by atoms with Crippen LogP contribution in [0.2, 0.25) is 0 Å². The summed E-state index contributed by atoms with van der Waals surface area (Å²) in [4.78, 5) is 9.23. The molecule has 0 aliphatic heterocycles. The van der Waals surface area contributed by atoms with Crippen LogP contribution in [0.15, 0.2) is 45.8 Å². The van der Waals surface area contributed by atoms with E-state index < -0.39 is 10.0 Å². The lowest BCUT2D eigenvalue weighted by atomic mass is 10.2. The fourth-order valence-electron chi connectivity index (χ4n) is 2.93. The molecule has 0 radical (unpaired) electrons. The molecule has 0 atom stereocenters. The quantitative estimate of drug-likeness (QED) is 0.440. The van der Waals surface area contributed by atoms with Crippen molar-refractivity contribution in [2.45, 2.75) is 9.92 Å². The summed E-state index contributed by atoms with van der Waals surface area (Å²) in [7, 11) is -0.504. The third-order valence-electron chi connectivity index (χ3n) is 4.62. The van der Waals surface area contributed by atoms with Gasteiger partial charge in [0.25, 0.3) is 0 Å². The molecular formula is C19H17N7O2S3. The summed E-state index contributed by atoms with van der Waals surface area (Å²) in [5.74, 6) is 0.343. The number of hydrogen-bond acceptors (Lipinski definition) is 9. The Hall–Kier alpha value is -2.98. The molecule has 0 aliphatic rings. The van der Waals surface area contributed by atoms with Gasteiger partial charge in [0.2, 0.25) is 10.0 Å². The van der Waals surface area contributed by atoms with Crippen molar-refractivity contribution in [1.29, 1.82) is 5.26 Å². The Morgan fingerprint density at radius 2 is 1.97 bits per heavy atom. The normalized spacial score (nSPS) is 11.8. The SMILES string of the molecule is CSc1nn2c(N)c(-c3nc(-c4ccc(S(=O)(=O)N(C)C)cc4)cs3)cnc2c1C#N. The molecule has 0 fully saturated rings. The van der Waals surface area contributed by atoms with E-state index >= 15 is 0 Å². The average molecular weight is 472 g/mol. The number of thiazole rings is 1. The summed E-state index contributed by atoms with van der Waals surface area (Å²) in [5.41, 5.74) is 9.19. The zero-order valence-corrected chi connectivity index (χ0v) is 19.2. The van der Waals surface area contributed by atoms with E-state index in [-0.39, 0.29) is 4.90 Å². The number of aromatic nitrogens is 4. The molecule has 0 spiro atoms. The first-order valence-electron chi connectivity index (χ1n) is 8.88. The fourth-order valence-corrected chi connectivity index (χ4v) is 5.18. The molecule has 4 rings (SSSR count). The van der Waals surface area contributed by atoms with Crippen LogP contribution in [0, 0.1) is 11.3 Å². The van der Waals surface area contributed by atoms with Crippen molar-refractivity contribution in [3.8, 4) is 27.9 Å². The summed E-state index contributed by atoms with van der Waals surface area (Å²) in [5, 5.41) is 16.9. The van der Waals surface area contributed by atoms with E-state index in [2.05, 4.69) is 21.1 Å². The van der Waals surface area contributed by atoms with Gasteiger partial charge >= 0.3 is 0 Å².